The Hall–Kier alpha value is -2.40. The molecule has 0 radical (unpaired) electrons. The summed E-state index contributed by atoms with van der Waals surface area (Å²) < 4.78 is 24.9. The number of benzene rings is 2. The number of anilines is 1. The minimum absolute atomic E-state index is 0.217. The predicted octanol–water partition coefficient (Wildman–Crippen LogP) is 3.35. The molecule has 0 N–H and O–H groups in total. The van der Waals surface area contributed by atoms with Crippen LogP contribution in [0.5, 0.6) is 5.75 Å². The van der Waals surface area contributed by atoms with E-state index in [0.29, 0.717) is 11.4 Å². The Kier molecular flexibility index (Phi) is 4.81. The molecule has 1 aliphatic heterocycles. The number of β-lactam (4-membered cyclic amide) rings is 1. The average Bonchev–Trinajstić information content (AvgIpc) is 2.60. The molecule has 24 heavy (non-hydrogen) atoms. The predicted molar refractivity (Wildman–Crippen MR) is 89.9 cm³/mol. The first kappa shape index (κ1) is 16.5. The van der Waals surface area contributed by atoms with Crippen molar-refractivity contribution < 1.29 is 18.7 Å². The van der Waals surface area contributed by atoms with Crippen LogP contribution in [0.2, 0.25) is 0 Å². The van der Waals surface area contributed by atoms with Crippen LogP contribution < -0.4 is 9.64 Å². The van der Waals surface area contributed by atoms with Crippen molar-refractivity contribution in [2.45, 2.75) is 31.8 Å². The molecular weight excluding hydrogens is 309 g/mol. The molecule has 0 aromatic heterocycles. The first-order valence-corrected chi connectivity index (χ1v) is 7.88. The highest BCUT2D eigenvalue weighted by Gasteiger charge is 2.52. The molecule has 1 aliphatic rings. The number of carbonyl (C=O) groups is 1. The van der Waals surface area contributed by atoms with E-state index in [1.54, 1.807) is 31.4 Å². The zero-order chi connectivity index (χ0) is 17.1. The Morgan fingerprint density at radius 1 is 1.12 bits per heavy atom. The maximum atomic E-state index is 14.1. The zero-order valence-electron chi connectivity index (χ0n) is 13.7. The Labute approximate surface area is 140 Å². The van der Waals surface area contributed by atoms with Crippen molar-refractivity contribution in [3.05, 3.63) is 60.2 Å². The Morgan fingerprint density at radius 3 is 2.38 bits per heavy atom. The molecule has 1 heterocycles. The highest BCUT2D eigenvalue weighted by atomic mass is 19.1. The number of carbonyl (C=O) groups excluding carboxylic acids is 1. The fraction of sp³-hybridized carbons (Fsp3) is 0.316. The van der Waals surface area contributed by atoms with Gasteiger partial charge in [-0.2, -0.15) is 0 Å². The molecule has 0 spiro atoms. The average molecular weight is 329 g/mol. The van der Waals surface area contributed by atoms with Gasteiger partial charge in [0.25, 0.3) is 5.91 Å². The maximum Gasteiger partial charge on any atom is 0.258 e. The van der Waals surface area contributed by atoms with Crippen molar-refractivity contribution in [2.75, 3.05) is 12.0 Å². The Balaban J connectivity index is 1.72. The van der Waals surface area contributed by atoms with Crippen LogP contribution >= 0.6 is 0 Å². The summed E-state index contributed by atoms with van der Waals surface area (Å²) in [6.45, 7) is 1.74. The van der Waals surface area contributed by atoms with Gasteiger partial charge in [0.15, 0.2) is 6.10 Å². The monoisotopic (exact) mass is 329 g/mol. The molecular formula is C19H20FNO3. The van der Waals surface area contributed by atoms with Gasteiger partial charge < -0.3 is 14.4 Å². The lowest BCUT2D eigenvalue weighted by Crippen LogP contribution is -2.69. The lowest BCUT2D eigenvalue weighted by Gasteiger charge is -2.47. The number of methoxy groups -OCH3 is 1. The highest BCUT2D eigenvalue weighted by molar-refractivity contribution is 6.05. The molecule has 1 amide bonds. The third kappa shape index (κ3) is 3.12. The lowest BCUT2D eigenvalue weighted by molar-refractivity contribution is -0.146. The molecule has 4 nitrogen and oxygen atoms in total. The molecule has 2 aromatic carbocycles. The maximum absolute atomic E-state index is 14.1. The molecule has 3 atom stereocenters. The third-order valence-electron chi connectivity index (χ3n) is 4.18. The van der Waals surface area contributed by atoms with E-state index >= 15 is 0 Å². The van der Waals surface area contributed by atoms with Crippen LogP contribution in [-0.2, 0) is 16.1 Å². The summed E-state index contributed by atoms with van der Waals surface area (Å²) >= 11 is 0. The number of amides is 1. The van der Waals surface area contributed by atoms with Crippen LogP contribution in [0, 0.1) is 0 Å². The summed E-state index contributed by atoms with van der Waals surface area (Å²) in [6, 6.07) is 15.9. The van der Waals surface area contributed by atoms with Gasteiger partial charge in [-0.15, -0.1) is 0 Å². The number of hydrogen-bond donors (Lipinski definition) is 0. The topological polar surface area (TPSA) is 38.8 Å². The minimum atomic E-state index is -1.19. The van der Waals surface area contributed by atoms with Crippen LogP contribution in [0.15, 0.2) is 54.6 Å². The lowest BCUT2D eigenvalue weighted by atomic mass is 9.93. The van der Waals surface area contributed by atoms with Crippen LogP contribution in [0.25, 0.3) is 0 Å². The molecule has 0 aliphatic carbocycles. The third-order valence-corrected chi connectivity index (χ3v) is 4.18. The number of rotatable bonds is 6. The number of ether oxygens (including phenoxy) is 2. The molecule has 126 valence electrons. The van der Waals surface area contributed by atoms with E-state index in [-0.39, 0.29) is 12.5 Å². The van der Waals surface area contributed by atoms with Gasteiger partial charge in [0.1, 0.15) is 18.0 Å². The van der Waals surface area contributed by atoms with Gasteiger partial charge in [0, 0.05) is 5.69 Å². The summed E-state index contributed by atoms with van der Waals surface area (Å²) in [7, 11) is 1.57. The number of hydrogen-bond acceptors (Lipinski definition) is 3. The minimum Gasteiger partial charge on any atom is -0.497 e. The Bertz CT molecular complexity index is 688. The van der Waals surface area contributed by atoms with Crippen LogP contribution in [0.1, 0.15) is 12.5 Å². The number of alkyl halides is 1. The molecule has 0 bridgehead atoms. The first-order valence-electron chi connectivity index (χ1n) is 7.88. The largest absolute Gasteiger partial charge is 0.497 e. The standard InChI is InChI=1S/C19H20FNO3/c1-13(20)17-18(24-12-14-6-4-3-5-7-14)19(22)21(17)15-8-10-16(23-2)11-9-15/h3-11,13,17-18H,12H2,1-2H3/t13-,17-,18+/m0/s1. The quantitative estimate of drug-likeness (QED) is 0.763. The number of nitrogens with zero attached hydrogens (tertiary/aromatic N) is 1. The summed E-state index contributed by atoms with van der Waals surface area (Å²) in [4.78, 5) is 13.9. The Morgan fingerprint density at radius 2 is 1.79 bits per heavy atom. The molecule has 5 heteroatoms. The molecule has 0 saturated carbocycles. The van der Waals surface area contributed by atoms with Gasteiger partial charge in [-0.05, 0) is 36.8 Å². The van der Waals surface area contributed by atoms with E-state index in [2.05, 4.69) is 0 Å². The van der Waals surface area contributed by atoms with E-state index in [1.165, 1.54) is 11.8 Å². The fourth-order valence-electron chi connectivity index (χ4n) is 2.90. The van der Waals surface area contributed by atoms with Crippen LogP contribution in [0.4, 0.5) is 10.1 Å². The van der Waals surface area contributed by atoms with Gasteiger partial charge >= 0.3 is 0 Å². The molecule has 0 unspecified atom stereocenters. The van der Waals surface area contributed by atoms with E-state index in [4.69, 9.17) is 9.47 Å². The summed E-state index contributed by atoms with van der Waals surface area (Å²) in [6.07, 6.45) is -1.95. The van der Waals surface area contributed by atoms with E-state index in [0.717, 1.165) is 5.56 Å². The van der Waals surface area contributed by atoms with Crippen molar-refractivity contribution in [1.29, 1.82) is 0 Å². The van der Waals surface area contributed by atoms with Crippen molar-refractivity contribution in [3.63, 3.8) is 0 Å². The van der Waals surface area contributed by atoms with E-state index < -0.39 is 18.3 Å². The smallest absolute Gasteiger partial charge is 0.258 e. The fourth-order valence-corrected chi connectivity index (χ4v) is 2.90. The van der Waals surface area contributed by atoms with Crippen LogP contribution in [0.3, 0.4) is 0 Å². The molecule has 2 aromatic rings. The molecule has 1 fully saturated rings. The second-order valence-electron chi connectivity index (χ2n) is 5.79. The van der Waals surface area contributed by atoms with E-state index in [1.807, 2.05) is 30.3 Å². The normalized spacial score (nSPS) is 21.3. The van der Waals surface area contributed by atoms with Crippen molar-refractivity contribution in [2.24, 2.45) is 0 Å². The van der Waals surface area contributed by atoms with Crippen LogP contribution in [-0.4, -0.2) is 31.3 Å². The first-order chi connectivity index (χ1) is 11.6. The van der Waals surface area contributed by atoms with Gasteiger partial charge in [-0.3, -0.25) is 4.79 Å². The van der Waals surface area contributed by atoms with E-state index in [9.17, 15) is 9.18 Å². The highest BCUT2D eigenvalue weighted by Crippen LogP contribution is 2.34. The zero-order valence-corrected chi connectivity index (χ0v) is 13.7. The number of halogens is 1. The van der Waals surface area contributed by atoms with Crippen molar-refractivity contribution in [3.8, 4) is 5.75 Å². The van der Waals surface area contributed by atoms with Gasteiger partial charge in [0.05, 0.1) is 13.7 Å². The van der Waals surface area contributed by atoms with Gasteiger partial charge in [-0.1, -0.05) is 30.3 Å². The second kappa shape index (κ2) is 7.01. The van der Waals surface area contributed by atoms with Crippen molar-refractivity contribution >= 4 is 11.6 Å². The summed E-state index contributed by atoms with van der Waals surface area (Å²) in [5.41, 5.74) is 1.60. The summed E-state index contributed by atoms with van der Waals surface area (Å²) in [5, 5.41) is 0. The molecule has 1 saturated heterocycles. The summed E-state index contributed by atoms with van der Waals surface area (Å²) in [5.74, 6) is 0.471. The molecule has 3 rings (SSSR count). The van der Waals surface area contributed by atoms with Crippen molar-refractivity contribution in [1.82, 2.24) is 0 Å². The van der Waals surface area contributed by atoms with Gasteiger partial charge in [0.2, 0.25) is 0 Å². The second-order valence-corrected chi connectivity index (χ2v) is 5.79. The SMILES string of the molecule is COc1ccc(N2C(=O)[C@H](OCc3ccccc3)[C@@H]2[C@H](C)F)cc1. The van der Waals surface area contributed by atoms with Gasteiger partial charge in [-0.25, -0.2) is 4.39 Å².